The van der Waals surface area contributed by atoms with Crippen molar-refractivity contribution in [2.24, 2.45) is 0 Å². The van der Waals surface area contributed by atoms with Crippen molar-refractivity contribution in [2.45, 2.75) is 32.6 Å². The molecule has 1 nitrogen and oxygen atoms in total. The summed E-state index contributed by atoms with van der Waals surface area (Å²) in [6.45, 7) is 5.67. The Morgan fingerprint density at radius 2 is 1.80 bits per heavy atom. The average molecular weight is 245 g/mol. The van der Waals surface area contributed by atoms with Crippen molar-refractivity contribution < 1.29 is 4.79 Å². The van der Waals surface area contributed by atoms with Crippen LogP contribution < -0.4 is 0 Å². The topological polar surface area (TPSA) is 17.1 Å². The third-order valence-corrected chi connectivity index (χ3v) is 3.47. The van der Waals surface area contributed by atoms with Gasteiger partial charge in [0, 0.05) is 10.6 Å². The number of aryl methyl sites for hydroxylation is 2. The molecule has 0 saturated carbocycles. The second-order valence-electron chi connectivity index (χ2n) is 3.66. The Kier molecular flexibility index (Phi) is 4.18. The minimum Gasteiger partial charge on any atom is -0.293 e. The molecular formula is C12H14Cl2O. The Morgan fingerprint density at radius 1 is 1.33 bits per heavy atom. The number of benzene rings is 1. The smallest absolute Gasteiger partial charge is 0.180 e. The predicted molar refractivity (Wildman–Crippen MR) is 65.2 cm³/mol. The number of carbonyl (C=O) groups excluding carboxylic acids is 1. The predicted octanol–water partition coefficient (Wildman–Crippen LogP) is 4.16. The molecule has 1 aromatic rings. The molecule has 0 aromatic heterocycles. The van der Waals surface area contributed by atoms with Crippen molar-refractivity contribution in [3.05, 3.63) is 33.8 Å². The molecule has 0 amide bonds. The molecule has 0 aliphatic carbocycles. The van der Waals surface area contributed by atoms with E-state index >= 15 is 0 Å². The Balaban J connectivity index is 3.12. The fraction of sp³-hybridized carbons (Fsp3) is 0.417. The van der Waals surface area contributed by atoms with Crippen LogP contribution in [0.2, 0.25) is 5.02 Å². The summed E-state index contributed by atoms with van der Waals surface area (Å²) < 4.78 is 0. The first-order chi connectivity index (χ1) is 6.97. The summed E-state index contributed by atoms with van der Waals surface area (Å²) in [6.07, 6.45) is 0.640. The lowest BCUT2D eigenvalue weighted by Crippen LogP contribution is -2.13. The van der Waals surface area contributed by atoms with Crippen molar-refractivity contribution in [1.29, 1.82) is 0 Å². The standard InChI is InChI=1S/C12H14Cl2O/c1-4-10(13)12(15)9-5-7(2)11(14)8(3)6-9/h5-6,10H,4H2,1-3H3. The first-order valence-corrected chi connectivity index (χ1v) is 5.73. The molecule has 1 unspecified atom stereocenters. The summed E-state index contributed by atoms with van der Waals surface area (Å²) in [5, 5.41) is 0.277. The number of hydrogen-bond donors (Lipinski definition) is 0. The van der Waals surface area contributed by atoms with Crippen LogP contribution in [0.1, 0.15) is 34.8 Å². The van der Waals surface area contributed by atoms with E-state index in [1.807, 2.05) is 20.8 Å². The molecule has 0 aliphatic rings. The van der Waals surface area contributed by atoms with Gasteiger partial charge in [-0.3, -0.25) is 4.79 Å². The van der Waals surface area contributed by atoms with Crippen molar-refractivity contribution in [2.75, 3.05) is 0 Å². The Bertz CT molecular complexity index is 362. The molecule has 0 saturated heterocycles. The number of alkyl halides is 1. The van der Waals surface area contributed by atoms with E-state index in [4.69, 9.17) is 23.2 Å². The molecule has 82 valence electrons. The van der Waals surface area contributed by atoms with E-state index in [-0.39, 0.29) is 5.78 Å². The van der Waals surface area contributed by atoms with Crippen LogP contribution in [-0.4, -0.2) is 11.2 Å². The van der Waals surface area contributed by atoms with Crippen LogP contribution in [0.4, 0.5) is 0 Å². The molecule has 0 fully saturated rings. The maximum absolute atomic E-state index is 11.8. The van der Waals surface area contributed by atoms with Crippen LogP contribution in [0, 0.1) is 13.8 Å². The van der Waals surface area contributed by atoms with E-state index in [1.54, 1.807) is 12.1 Å². The first kappa shape index (κ1) is 12.5. The molecule has 0 spiro atoms. The highest BCUT2D eigenvalue weighted by molar-refractivity contribution is 6.34. The zero-order valence-electron chi connectivity index (χ0n) is 9.10. The number of rotatable bonds is 3. The minimum absolute atomic E-state index is 0.0259. The zero-order chi connectivity index (χ0) is 11.6. The molecule has 15 heavy (non-hydrogen) atoms. The van der Waals surface area contributed by atoms with Gasteiger partial charge in [-0.1, -0.05) is 18.5 Å². The van der Waals surface area contributed by atoms with Crippen molar-refractivity contribution in [1.82, 2.24) is 0 Å². The van der Waals surface area contributed by atoms with Crippen LogP contribution in [0.5, 0.6) is 0 Å². The largest absolute Gasteiger partial charge is 0.293 e. The van der Waals surface area contributed by atoms with Gasteiger partial charge in [0.2, 0.25) is 0 Å². The number of halogens is 2. The van der Waals surface area contributed by atoms with Crippen molar-refractivity contribution >= 4 is 29.0 Å². The molecular weight excluding hydrogens is 231 g/mol. The van der Waals surface area contributed by atoms with Gasteiger partial charge in [0.15, 0.2) is 5.78 Å². The summed E-state index contributed by atoms with van der Waals surface area (Å²) in [5.41, 5.74) is 2.48. The monoisotopic (exact) mass is 244 g/mol. The Hall–Kier alpha value is -0.530. The maximum Gasteiger partial charge on any atom is 0.180 e. The fourth-order valence-electron chi connectivity index (χ4n) is 1.45. The number of ketones is 1. The molecule has 1 rings (SSSR count). The first-order valence-electron chi connectivity index (χ1n) is 4.92. The number of hydrogen-bond acceptors (Lipinski definition) is 1. The Labute approximate surface area is 100 Å². The van der Waals surface area contributed by atoms with E-state index in [0.717, 1.165) is 11.1 Å². The summed E-state index contributed by atoms with van der Waals surface area (Å²) in [5.74, 6) is -0.0259. The second-order valence-corrected chi connectivity index (χ2v) is 4.57. The van der Waals surface area contributed by atoms with Crippen LogP contribution in [-0.2, 0) is 0 Å². The highest BCUT2D eigenvalue weighted by atomic mass is 35.5. The van der Waals surface area contributed by atoms with Crippen LogP contribution in [0.25, 0.3) is 0 Å². The fourth-order valence-corrected chi connectivity index (χ4v) is 1.69. The highest BCUT2D eigenvalue weighted by Gasteiger charge is 2.16. The molecule has 0 N–H and O–H groups in total. The molecule has 0 aliphatic heterocycles. The van der Waals surface area contributed by atoms with E-state index in [0.29, 0.717) is 17.0 Å². The maximum atomic E-state index is 11.8. The van der Waals surface area contributed by atoms with Gasteiger partial charge >= 0.3 is 0 Å². The Morgan fingerprint density at radius 3 is 2.20 bits per heavy atom. The molecule has 0 heterocycles. The third kappa shape index (κ3) is 2.73. The van der Waals surface area contributed by atoms with Crippen molar-refractivity contribution in [3.63, 3.8) is 0 Å². The second kappa shape index (κ2) is 5.00. The van der Waals surface area contributed by atoms with Crippen molar-refractivity contribution in [3.8, 4) is 0 Å². The van der Waals surface area contributed by atoms with Gasteiger partial charge < -0.3 is 0 Å². The van der Waals surface area contributed by atoms with Gasteiger partial charge in [-0.25, -0.2) is 0 Å². The molecule has 0 bridgehead atoms. The summed E-state index contributed by atoms with van der Waals surface area (Å²) in [6, 6.07) is 3.59. The molecule has 0 radical (unpaired) electrons. The molecule has 1 aromatic carbocycles. The SMILES string of the molecule is CCC(Cl)C(=O)c1cc(C)c(Cl)c(C)c1. The number of Topliss-reactive ketones (excluding diaryl/α,β-unsaturated/α-hetero) is 1. The highest BCUT2D eigenvalue weighted by Crippen LogP contribution is 2.23. The van der Waals surface area contributed by atoms with Crippen LogP contribution in [0.3, 0.4) is 0 Å². The molecule has 1 atom stereocenters. The van der Waals surface area contributed by atoms with Gasteiger partial charge in [0.25, 0.3) is 0 Å². The lowest BCUT2D eigenvalue weighted by atomic mass is 10.0. The third-order valence-electron chi connectivity index (χ3n) is 2.36. The van der Waals surface area contributed by atoms with Gasteiger partial charge in [-0.05, 0) is 43.5 Å². The van der Waals surface area contributed by atoms with Gasteiger partial charge in [0.05, 0.1) is 5.38 Å². The van der Waals surface area contributed by atoms with Gasteiger partial charge in [0.1, 0.15) is 0 Å². The van der Waals surface area contributed by atoms with Gasteiger partial charge in [-0.15, -0.1) is 11.6 Å². The minimum atomic E-state index is -0.440. The lowest BCUT2D eigenvalue weighted by Gasteiger charge is -2.09. The van der Waals surface area contributed by atoms with E-state index in [2.05, 4.69) is 0 Å². The zero-order valence-corrected chi connectivity index (χ0v) is 10.6. The van der Waals surface area contributed by atoms with E-state index in [1.165, 1.54) is 0 Å². The summed E-state index contributed by atoms with van der Waals surface area (Å²) >= 11 is 11.9. The summed E-state index contributed by atoms with van der Waals surface area (Å²) in [7, 11) is 0. The summed E-state index contributed by atoms with van der Waals surface area (Å²) in [4.78, 5) is 11.8. The normalized spacial score (nSPS) is 12.6. The van der Waals surface area contributed by atoms with Crippen LogP contribution >= 0.6 is 23.2 Å². The quantitative estimate of drug-likeness (QED) is 0.577. The van der Waals surface area contributed by atoms with Gasteiger partial charge in [-0.2, -0.15) is 0 Å². The van der Waals surface area contributed by atoms with E-state index < -0.39 is 5.38 Å². The average Bonchev–Trinajstić information content (AvgIpc) is 2.23. The van der Waals surface area contributed by atoms with Crippen LogP contribution in [0.15, 0.2) is 12.1 Å². The molecule has 3 heteroatoms. The lowest BCUT2D eigenvalue weighted by molar-refractivity contribution is 0.0985. The number of carbonyl (C=O) groups is 1. The van der Waals surface area contributed by atoms with E-state index in [9.17, 15) is 4.79 Å².